The van der Waals surface area contributed by atoms with Crippen molar-refractivity contribution in [3.8, 4) is 0 Å². The summed E-state index contributed by atoms with van der Waals surface area (Å²) in [5.41, 5.74) is 0. The van der Waals surface area contributed by atoms with E-state index in [1.54, 1.807) is 11.9 Å². The molecule has 7 nitrogen and oxygen atoms in total. The van der Waals surface area contributed by atoms with Gasteiger partial charge in [-0.05, 0) is 25.2 Å². The van der Waals surface area contributed by atoms with Gasteiger partial charge in [0, 0.05) is 32.7 Å². The van der Waals surface area contributed by atoms with E-state index in [9.17, 15) is 19.5 Å². The highest BCUT2D eigenvalue weighted by molar-refractivity contribution is 5.96. The predicted molar refractivity (Wildman–Crippen MR) is 103 cm³/mol. The molecule has 0 unspecified atom stereocenters. The highest BCUT2D eigenvalue weighted by Gasteiger charge is 2.56. The number of hydrogen-bond acceptors (Lipinski definition) is 4. The van der Waals surface area contributed by atoms with Crippen LogP contribution >= 0.6 is 0 Å². The van der Waals surface area contributed by atoms with Crippen molar-refractivity contribution in [3.63, 3.8) is 0 Å². The molecule has 2 aliphatic rings. The third-order valence-electron chi connectivity index (χ3n) is 5.79. The Morgan fingerprint density at radius 1 is 1.19 bits per heavy atom. The zero-order chi connectivity index (χ0) is 20.0. The second kappa shape index (κ2) is 9.88. The SMILES string of the molecule is CCCCNC(=O)[C@@H]1[C@H]2C=C[C@@H](CC)[C@@H](C(=O)NC)[C@H]2C(=O)N1CCCO. The maximum absolute atomic E-state index is 13.2. The number of rotatable bonds is 9. The van der Waals surface area contributed by atoms with Crippen LogP contribution in [0, 0.1) is 23.7 Å². The third-order valence-corrected chi connectivity index (χ3v) is 5.79. The smallest absolute Gasteiger partial charge is 0.243 e. The van der Waals surface area contributed by atoms with Gasteiger partial charge in [0.15, 0.2) is 0 Å². The second-order valence-corrected chi connectivity index (χ2v) is 7.40. The molecule has 2 rings (SSSR count). The Labute approximate surface area is 161 Å². The van der Waals surface area contributed by atoms with Crippen molar-refractivity contribution in [2.24, 2.45) is 23.7 Å². The number of unbranched alkanes of at least 4 members (excludes halogenated alkanes) is 1. The van der Waals surface area contributed by atoms with E-state index in [1.807, 2.05) is 19.1 Å². The fourth-order valence-electron chi connectivity index (χ4n) is 4.39. The molecule has 152 valence electrons. The quantitative estimate of drug-likeness (QED) is 0.405. The molecule has 5 atom stereocenters. The highest BCUT2D eigenvalue weighted by Crippen LogP contribution is 2.44. The van der Waals surface area contributed by atoms with Gasteiger partial charge in [-0.2, -0.15) is 0 Å². The van der Waals surface area contributed by atoms with E-state index in [0.29, 0.717) is 19.5 Å². The van der Waals surface area contributed by atoms with Crippen LogP contribution in [0.1, 0.15) is 39.5 Å². The van der Waals surface area contributed by atoms with Crippen LogP contribution in [0.2, 0.25) is 0 Å². The summed E-state index contributed by atoms with van der Waals surface area (Å²) >= 11 is 0. The lowest BCUT2D eigenvalue weighted by Gasteiger charge is -2.33. The first-order valence-electron chi connectivity index (χ1n) is 10.1. The Hall–Kier alpha value is -1.89. The van der Waals surface area contributed by atoms with Crippen molar-refractivity contribution in [3.05, 3.63) is 12.2 Å². The molecule has 0 saturated carbocycles. The maximum atomic E-state index is 13.2. The molecule has 0 bridgehead atoms. The molecule has 1 saturated heterocycles. The fourth-order valence-corrected chi connectivity index (χ4v) is 4.39. The van der Waals surface area contributed by atoms with Crippen LogP contribution in [0.25, 0.3) is 0 Å². The van der Waals surface area contributed by atoms with E-state index in [2.05, 4.69) is 17.6 Å². The van der Waals surface area contributed by atoms with Crippen LogP contribution in [0.15, 0.2) is 12.2 Å². The van der Waals surface area contributed by atoms with E-state index in [-0.39, 0.29) is 36.2 Å². The topological polar surface area (TPSA) is 98.7 Å². The van der Waals surface area contributed by atoms with Gasteiger partial charge in [0.25, 0.3) is 0 Å². The van der Waals surface area contributed by atoms with Gasteiger partial charge in [0.2, 0.25) is 17.7 Å². The zero-order valence-corrected chi connectivity index (χ0v) is 16.6. The van der Waals surface area contributed by atoms with E-state index < -0.39 is 17.9 Å². The molecule has 1 aliphatic carbocycles. The summed E-state index contributed by atoms with van der Waals surface area (Å²) in [7, 11) is 1.58. The van der Waals surface area contributed by atoms with Crippen molar-refractivity contribution in [1.29, 1.82) is 0 Å². The number of nitrogens with one attached hydrogen (secondary N) is 2. The van der Waals surface area contributed by atoms with E-state index in [1.165, 1.54) is 0 Å². The summed E-state index contributed by atoms with van der Waals surface area (Å²) in [5.74, 6) is -1.80. The van der Waals surface area contributed by atoms with Gasteiger partial charge in [-0.3, -0.25) is 14.4 Å². The first kappa shape index (κ1) is 21.4. The molecule has 27 heavy (non-hydrogen) atoms. The van der Waals surface area contributed by atoms with Crippen molar-refractivity contribution >= 4 is 17.7 Å². The molecule has 1 fully saturated rings. The number of fused-ring (bicyclic) bond motifs is 1. The van der Waals surface area contributed by atoms with Gasteiger partial charge in [-0.15, -0.1) is 0 Å². The Morgan fingerprint density at radius 3 is 2.52 bits per heavy atom. The van der Waals surface area contributed by atoms with Gasteiger partial charge in [-0.25, -0.2) is 0 Å². The molecule has 0 aromatic rings. The molecule has 1 aliphatic heterocycles. The monoisotopic (exact) mass is 379 g/mol. The van der Waals surface area contributed by atoms with Gasteiger partial charge in [0.05, 0.1) is 11.8 Å². The third kappa shape index (κ3) is 4.34. The summed E-state index contributed by atoms with van der Waals surface area (Å²) < 4.78 is 0. The lowest BCUT2D eigenvalue weighted by molar-refractivity contribution is -0.140. The van der Waals surface area contributed by atoms with Crippen molar-refractivity contribution in [2.45, 2.75) is 45.6 Å². The zero-order valence-electron chi connectivity index (χ0n) is 16.6. The first-order valence-corrected chi connectivity index (χ1v) is 10.1. The normalized spacial score (nSPS) is 29.6. The molecule has 1 heterocycles. The fraction of sp³-hybridized carbons (Fsp3) is 0.750. The Bertz CT molecular complexity index is 578. The summed E-state index contributed by atoms with van der Waals surface area (Å²) in [6.45, 7) is 4.90. The number of carbonyl (C=O) groups is 3. The lowest BCUT2D eigenvalue weighted by Crippen LogP contribution is -2.48. The lowest BCUT2D eigenvalue weighted by atomic mass is 9.69. The molecular weight excluding hydrogens is 346 g/mol. The van der Waals surface area contributed by atoms with Crippen LogP contribution in [-0.4, -0.2) is 60.5 Å². The maximum Gasteiger partial charge on any atom is 0.243 e. The summed E-state index contributed by atoms with van der Waals surface area (Å²) in [6, 6.07) is -0.618. The average Bonchev–Trinajstić information content (AvgIpc) is 2.96. The summed E-state index contributed by atoms with van der Waals surface area (Å²) in [5, 5.41) is 14.8. The standard InChI is InChI=1S/C20H33N3O4/c1-4-6-10-22-19(26)17-14-9-8-13(5-2)15(18(25)21-3)16(14)20(27)23(17)11-7-12-24/h8-9,13-17,24H,4-7,10-12H2,1-3H3,(H,21,25)(H,22,26)/t13-,14+,15-,16+,17+/m1/s1. The van der Waals surface area contributed by atoms with Crippen LogP contribution in [0.3, 0.4) is 0 Å². The Kier molecular flexibility index (Phi) is 7.83. The minimum absolute atomic E-state index is 0.0169. The minimum atomic E-state index is -0.618. The number of nitrogens with zero attached hydrogens (tertiary/aromatic N) is 1. The van der Waals surface area contributed by atoms with Crippen molar-refractivity contribution in [1.82, 2.24) is 15.5 Å². The summed E-state index contributed by atoms with van der Waals surface area (Å²) in [6.07, 6.45) is 6.98. The van der Waals surface area contributed by atoms with Gasteiger partial charge < -0.3 is 20.6 Å². The Morgan fingerprint density at radius 2 is 1.93 bits per heavy atom. The van der Waals surface area contributed by atoms with Gasteiger partial charge in [0.1, 0.15) is 6.04 Å². The predicted octanol–water partition coefficient (Wildman–Crippen LogP) is 0.687. The van der Waals surface area contributed by atoms with Crippen LogP contribution in [-0.2, 0) is 14.4 Å². The van der Waals surface area contributed by atoms with Crippen LogP contribution in [0.5, 0.6) is 0 Å². The van der Waals surface area contributed by atoms with Gasteiger partial charge in [-0.1, -0.05) is 32.4 Å². The number of aliphatic hydroxyl groups excluding tert-OH is 1. The van der Waals surface area contributed by atoms with Crippen LogP contribution in [0.4, 0.5) is 0 Å². The number of amides is 3. The molecule has 0 spiro atoms. The molecule has 0 radical (unpaired) electrons. The van der Waals surface area contributed by atoms with E-state index in [0.717, 1.165) is 19.3 Å². The van der Waals surface area contributed by atoms with Crippen molar-refractivity contribution < 1.29 is 19.5 Å². The largest absolute Gasteiger partial charge is 0.396 e. The molecule has 7 heteroatoms. The van der Waals surface area contributed by atoms with E-state index in [4.69, 9.17) is 0 Å². The number of likely N-dealkylation sites (tertiary alicyclic amines) is 1. The highest BCUT2D eigenvalue weighted by atomic mass is 16.3. The van der Waals surface area contributed by atoms with Crippen molar-refractivity contribution in [2.75, 3.05) is 26.7 Å². The molecule has 3 amide bonds. The minimum Gasteiger partial charge on any atom is -0.396 e. The number of carbonyl (C=O) groups excluding carboxylic acids is 3. The molecular formula is C20H33N3O4. The van der Waals surface area contributed by atoms with Gasteiger partial charge >= 0.3 is 0 Å². The first-order chi connectivity index (χ1) is 13.0. The molecule has 0 aromatic heterocycles. The number of allylic oxidation sites excluding steroid dienone is 1. The number of aliphatic hydroxyl groups is 1. The average molecular weight is 380 g/mol. The van der Waals surface area contributed by atoms with Crippen LogP contribution < -0.4 is 10.6 Å². The molecule has 3 N–H and O–H groups in total. The number of hydrogen-bond donors (Lipinski definition) is 3. The van der Waals surface area contributed by atoms with E-state index >= 15 is 0 Å². The summed E-state index contributed by atoms with van der Waals surface area (Å²) in [4.78, 5) is 40.3. The molecule has 0 aromatic carbocycles. The second-order valence-electron chi connectivity index (χ2n) is 7.40. The Balaban J connectivity index is 2.35.